The van der Waals surface area contributed by atoms with Crippen molar-refractivity contribution in [2.75, 3.05) is 25.6 Å². The smallest absolute Gasteiger partial charge is 0.324 e. The molecule has 54 heavy (non-hydrogen) atoms. The number of nitrogens with zero attached hydrogens (tertiary/aromatic N) is 1. The van der Waals surface area contributed by atoms with Gasteiger partial charge < -0.3 is 30.4 Å². The van der Waals surface area contributed by atoms with Crippen LogP contribution in [-0.2, 0) is 24.5 Å². The number of primary amides is 1. The Morgan fingerprint density at radius 2 is 1.48 bits per heavy atom. The van der Waals surface area contributed by atoms with Gasteiger partial charge in [0.15, 0.2) is 0 Å². The first-order valence-electron chi connectivity index (χ1n) is 17.7. The third kappa shape index (κ3) is 5.75. The number of amides is 2. The molecule has 0 unspecified atom stereocenters. The highest BCUT2D eigenvalue weighted by Gasteiger charge is 2.73. The molecule has 3 aliphatic heterocycles. The number of carbonyl (C=O) groups is 3. The van der Waals surface area contributed by atoms with Crippen LogP contribution in [0.1, 0.15) is 51.6 Å². The number of benzene rings is 5. The van der Waals surface area contributed by atoms with Gasteiger partial charge in [0.05, 0.1) is 31.7 Å². The molecule has 10 heteroatoms. The number of fused-ring (bicyclic) bond motifs is 3. The molecule has 2 saturated heterocycles. The van der Waals surface area contributed by atoms with Gasteiger partial charge >= 0.3 is 5.97 Å². The van der Waals surface area contributed by atoms with Crippen LogP contribution in [0.4, 0.5) is 5.69 Å². The minimum atomic E-state index is -1.71. The maximum Gasteiger partial charge on any atom is 0.324 e. The van der Waals surface area contributed by atoms with Gasteiger partial charge in [0.1, 0.15) is 35.7 Å². The molecule has 1 spiro atoms. The van der Waals surface area contributed by atoms with E-state index in [1.54, 1.807) is 37.4 Å². The van der Waals surface area contributed by atoms with E-state index in [9.17, 15) is 19.5 Å². The normalized spacial score (nSPS) is 24.1. The van der Waals surface area contributed by atoms with E-state index in [2.05, 4.69) is 17.2 Å². The van der Waals surface area contributed by atoms with Gasteiger partial charge in [-0.3, -0.25) is 19.3 Å². The summed E-state index contributed by atoms with van der Waals surface area (Å²) in [4.78, 5) is 45.6. The Labute approximate surface area is 312 Å². The fourth-order valence-corrected chi connectivity index (χ4v) is 8.46. The van der Waals surface area contributed by atoms with Crippen LogP contribution < -0.4 is 20.5 Å². The predicted octanol–water partition coefficient (Wildman–Crippen LogP) is 5.22. The molecule has 0 bridgehead atoms. The molecule has 0 aromatic heterocycles. The average molecular weight is 720 g/mol. The van der Waals surface area contributed by atoms with Gasteiger partial charge in [-0.05, 0) is 76.9 Å². The van der Waals surface area contributed by atoms with Crippen LogP contribution in [-0.4, -0.2) is 54.2 Å². The number of ether oxygens (including phenoxy) is 3. The second-order valence-corrected chi connectivity index (χ2v) is 13.5. The van der Waals surface area contributed by atoms with E-state index in [0.717, 1.165) is 16.7 Å². The van der Waals surface area contributed by atoms with Crippen LogP contribution in [0, 0.1) is 17.8 Å². The molecular formula is C44H37N3O7. The summed E-state index contributed by atoms with van der Waals surface area (Å²) in [5, 5.41) is 12.6. The van der Waals surface area contributed by atoms with Gasteiger partial charge in [-0.15, -0.1) is 0 Å². The monoisotopic (exact) mass is 719 g/mol. The van der Waals surface area contributed by atoms with E-state index in [4.69, 9.17) is 19.9 Å². The summed E-state index contributed by atoms with van der Waals surface area (Å²) in [6.07, 6.45) is -0.803. The Hall–Kier alpha value is -6.41. The van der Waals surface area contributed by atoms with Crippen LogP contribution in [0.3, 0.4) is 0 Å². The number of anilines is 1. The third-order valence-electron chi connectivity index (χ3n) is 10.6. The van der Waals surface area contributed by atoms with E-state index < -0.39 is 53.3 Å². The highest BCUT2D eigenvalue weighted by atomic mass is 16.6. The molecule has 4 N–H and O–H groups in total. The van der Waals surface area contributed by atoms with Crippen molar-refractivity contribution >= 4 is 23.5 Å². The van der Waals surface area contributed by atoms with Crippen LogP contribution in [0.2, 0.25) is 0 Å². The first-order chi connectivity index (χ1) is 26.3. The summed E-state index contributed by atoms with van der Waals surface area (Å²) in [5.74, 6) is 4.25. The number of aliphatic hydroxyl groups excluding tert-OH is 1. The zero-order valence-corrected chi connectivity index (χ0v) is 29.3. The standard InChI is InChI=1S/C44H37N3O7/c1-52-32-20-17-27(18-21-32)15-16-28-19-22-35-34(25-28)44(43(51)46-35)36(41(45)49)38-42(50)54-39(30-11-6-3-7-12-30)37(29-9-4-2-5-10-29)47(38)40(44)31-13-8-14-33(26-31)53-24-23-48/h2-14,17-22,25-26,36-40,48H,23-24H2,1H3,(H2,45,49)(H,46,51)/t36-,37-,38-,39+,40+,44-/m0/s1. The van der Waals surface area contributed by atoms with Gasteiger partial charge in [0.25, 0.3) is 0 Å². The Bertz CT molecular complexity index is 2290. The first kappa shape index (κ1) is 34.7. The first-order valence-corrected chi connectivity index (χ1v) is 17.7. The van der Waals surface area contributed by atoms with Crippen molar-refractivity contribution in [3.8, 4) is 23.3 Å². The predicted molar refractivity (Wildman–Crippen MR) is 200 cm³/mol. The van der Waals surface area contributed by atoms with Gasteiger partial charge in [0, 0.05) is 16.8 Å². The SMILES string of the molecule is COc1ccc(C#Cc2ccc3c(c2)[C@]2(C(=O)N3)[C@H](C(N)=O)[C@H]3C(=O)O[C@H](c4ccccc4)[C@H](c4ccccc4)N3[C@@H]2c2cccc(OCCO)c2)cc1. The lowest BCUT2D eigenvalue weighted by Crippen LogP contribution is -2.53. The number of hydrogen-bond donors (Lipinski definition) is 3. The highest BCUT2D eigenvalue weighted by molar-refractivity contribution is 6.12. The van der Waals surface area contributed by atoms with Crippen LogP contribution in [0.25, 0.3) is 0 Å². The average Bonchev–Trinajstić information content (AvgIpc) is 3.69. The number of hydrogen-bond acceptors (Lipinski definition) is 8. The van der Waals surface area contributed by atoms with Crippen molar-refractivity contribution in [2.45, 2.75) is 29.6 Å². The maximum absolute atomic E-state index is 15.0. The minimum absolute atomic E-state index is 0.0457. The molecule has 3 aliphatic rings. The quantitative estimate of drug-likeness (QED) is 0.147. The molecule has 10 nitrogen and oxygen atoms in total. The van der Waals surface area contributed by atoms with E-state index >= 15 is 0 Å². The summed E-state index contributed by atoms with van der Waals surface area (Å²) < 4.78 is 17.5. The lowest BCUT2D eigenvalue weighted by Gasteiger charge is -2.46. The summed E-state index contributed by atoms with van der Waals surface area (Å²) in [6, 6.07) is 36.2. The molecule has 6 atom stereocenters. The lowest BCUT2D eigenvalue weighted by molar-refractivity contribution is -0.178. The molecule has 0 radical (unpaired) electrons. The molecule has 5 aromatic rings. The second-order valence-electron chi connectivity index (χ2n) is 13.5. The summed E-state index contributed by atoms with van der Waals surface area (Å²) in [5.41, 5.74) is 9.16. The molecule has 0 saturated carbocycles. The number of cyclic esters (lactones) is 1. The van der Waals surface area contributed by atoms with Crippen LogP contribution >= 0.6 is 0 Å². The molecule has 5 aromatic carbocycles. The largest absolute Gasteiger partial charge is 0.497 e. The number of nitrogens with two attached hydrogens (primary N) is 1. The van der Waals surface area contributed by atoms with Crippen molar-refractivity contribution in [3.05, 3.63) is 161 Å². The summed E-state index contributed by atoms with van der Waals surface area (Å²) in [6.45, 7) is -0.156. The van der Waals surface area contributed by atoms with Gasteiger partial charge in [-0.25, -0.2) is 0 Å². The number of nitrogens with one attached hydrogen (secondary N) is 1. The number of methoxy groups -OCH3 is 1. The Morgan fingerprint density at radius 1 is 0.815 bits per heavy atom. The Morgan fingerprint density at radius 3 is 2.17 bits per heavy atom. The summed E-state index contributed by atoms with van der Waals surface area (Å²) >= 11 is 0. The van der Waals surface area contributed by atoms with Gasteiger partial charge in [-0.2, -0.15) is 0 Å². The van der Waals surface area contributed by atoms with Crippen molar-refractivity contribution in [1.82, 2.24) is 4.90 Å². The Kier molecular flexibility index (Phi) is 9.11. The second kappa shape index (κ2) is 14.2. The van der Waals surface area contributed by atoms with Crippen molar-refractivity contribution < 1.29 is 33.7 Å². The zero-order valence-electron chi connectivity index (χ0n) is 29.3. The number of rotatable bonds is 8. The zero-order chi connectivity index (χ0) is 37.4. The van der Waals surface area contributed by atoms with E-state index in [1.807, 2.05) is 102 Å². The number of carbonyl (C=O) groups excluding carboxylic acids is 3. The number of morpholine rings is 1. The van der Waals surface area contributed by atoms with Crippen molar-refractivity contribution in [1.29, 1.82) is 0 Å². The minimum Gasteiger partial charge on any atom is -0.497 e. The molecule has 2 fully saturated rings. The van der Waals surface area contributed by atoms with Crippen molar-refractivity contribution in [3.63, 3.8) is 0 Å². The summed E-state index contributed by atoms with van der Waals surface area (Å²) in [7, 11) is 1.60. The lowest BCUT2D eigenvalue weighted by atomic mass is 9.65. The molecular weight excluding hydrogens is 682 g/mol. The maximum atomic E-state index is 15.0. The van der Waals surface area contributed by atoms with E-state index in [1.165, 1.54) is 0 Å². The number of esters is 1. The van der Waals surface area contributed by atoms with Crippen LogP contribution in [0.5, 0.6) is 11.5 Å². The highest BCUT2D eigenvalue weighted by Crippen LogP contribution is 2.64. The van der Waals surface area contributed by atoms with Crippen LogP contribution in [0.15, 0.2) is 127 Å². The fourth-order valence-electron chi connectivity index (χ4n) is 8.46. The van der Waals surface area contributed by atoms with Crippen molar-refractivity contribution in [2.24, 2.45) is 11.7 Å². The topological polar surface area (TPSA) is 140 Å². The fraction of sp³-hybridized carbons (Fsp3) is 0.205. The molecule has 0 aliphatic carbocycles. The molecule has 270 valence electrons. The Balaban J connectivity index is 1.38. The third-order valence-corrected chi connectivity index (χ3v) is 10.6. The van der Waals surface area contributed by atoms with Gasteiger partial charge in [-0.1, -0.05) is 84.6 Å². The molecule has 8 rings (SSSR count). The van der Waals surface area contributed by atoms with E-state index in [-0.39, 0.29) is 13.2 Å². The molecule has 2 amide bonds. The van der Waals surface area contributed by atoms with Gasteiger partial charge in [0.2, 0.25) is 11.8 Å². The van der Waals surface area contributed by atoms with E-state index in [0.29, 0.717) is 33.9 Å². The molecule has 3 heterocycles. The number of aliphatic hydroxyl groups is 1.